The van der Waals surface area contributed by atoms with Crippen molar-refractivity contribution in [3.05, 3.63) is 35.6 Å². The number of hydrogen-bond donors (Lipinski definition) is 3. The molecule has 0 aliphatic heterocycles. The molecule has 2 atom stereocenters. The molecule has 0 aromatic heterocycles. The number of carbonyl (C=O) groups excluding carboxylic acids is 2. The summed E-state index contributed by atoms with van der Waals surface area (Å²) in [6.45, 7) is 0.909. The number of aldehydes is 1. The number of hydrogen-bond acceptors (Lipinski definition) is 4. The van der Waals surface area contributed by atoms with Crippen molar-refractivity contribution >= 4 is 12.2 Å². The molecule has 0 saturated heterocycles. The Morgan fingerprint density at radius 1 is 1.53 bits per heavy atom. The van der Waals surface area contributed by atoms with Crippen molar-refractivity contribution in [2.45, 2.75) is 24.9 Å². The molecular formula is C13H17FN2O3. The van der Waals surface area contributed by atoms with Crippen molar-refractivity contribution < 1.29 is 19.1 Å². The third-order valence-electron chi connectivity index (χ3n) is 2.73. The van der Waals surface area contributed by atoms with Gasteiger partial charge in [0.05, 0.1) is 12.6 Å². The molecule has 0 heterocycles. The van der Waals surface area contributed by atoms with Crippen LogP contribution in [0.25, 0.3) is 0 Å². The first kappa shape index (κ1) is 15.3. The van der Waals surface area contributed by atoms with Crippen molar-refractivity contribution in [1.82, 2.24) is 5.32 Å². The van der Waals surface area contributed by atoms with Gasteiger partial charge in [0, 0.05) is 6.42 Å². The van der Waals surface area contributed by atoms with Crippen LogP contribution in [0.4, 0.5) is 4.39 Å². The van der Waals surface area contributed by atoms with Crippen LogP contribution in [-0.2, 0) is 16.0 Å². The Bertz CT molecular complexity index is 448. The fourth-order valence-corrected chi connectivity index (χ4v) is 1.57. The molecule has 19 heavy (non-hydrogen) atoms. The second-order valence-electron chi connectivity index (χ2n) is 4.51. The van der Waals surface area contributed by atoms with Crippen LogP contribution in [0, 0.1) is 5.82 Å². The van der Waals surface area contributed by atoms with Crippen LogP contribution in [0.5, 0.6) is 0 Å². The van der Waals surface area contributed by atoms with E-state index >= 15 is 0 Å². The summed E-state index contributed by atoms with van der Waals surface area (Å²) in [6, 6.07) is 4.67. The van der Waals surface area contributed by atoms with Crippen molar-refractivity contribution in [3.63, 3.8) is 0 Å². The molecule has 1 unspecified atom stereocenters. The van der Waals surface area contributed by atoms with Crippen LogP contribution >= 0.6 is 0 Å². The highest BCUT2D eigenvalue weighted by Gasteiger charge is 2.32. The van der Waals surface area contributed by atoms with E-state index in [1.165, 1.54) is 31.2 Å². The lowest BCUT2D eigenvalue weighted by Gasteiger charge is -2.28. The van der Waals surface area contributed by atoms with E-state index in [0.29, 0.717) is 11.8 Å². The lowest BCUT2D eigenvalue weighted by Crippen LogP contribution is -2.57. The summed E-state index contributed by atoms with van der Waals surface area (Å²) in [6.07, 6.45) is 0.530. The van der Waals surface area contributed by atoms with Gasteiger partial charge in [0.1, 0.15) is 17.6 Å². The zero-order valence-corrected chi connectivity index (χ0v) is 10.6. The number of carbonyl (C=O) groups is 2. The third-order valence-corrected chi connectivity index (χ3v) is 2.73. The third kappa shape index (κ3) is 4.11. The largest absolute Gasteiger partial charge is 0.393 e. The monoisotopic (exact) mass is 268 g/mol. The number of nitrogens with one attached hydrogen (secondary N) is 1. The van der Waals surface area contributed by atoms with E-state index in [9.17, 15) is 19.1 Å². The van der Waals surface area contributed by atoms with Gasteiger partial charge in [-0.2, -0.15) is 0 Å². The van der Waals surface area contributed by atoms with Gasteiger partial charge >= 0.3 is 0 Å². The van der Waals surface area contributed by atoms with Crippen molar-refractivity contribution in [2.24, 2.45) is 5.73 Å². The van der Waals surface area contributed by atoms with Gasteiger partial charge in [-0.1, -0.05) is 12.1 Å². The lowest BCUT2D eigenvalue weighted by molar-refractivity contribution is -0.128. The average Bonchev–Trinajstić information content (AvgIpc) is 2.40. The number of nitrogens with two attached hydrogens (primary N) is 1. The second kappa shape index (κ2) is 6.40. The van der Waals surface area contributed by atoms with Crippen LogP contribution in [0.3, 0.4) is 0 Å². The molecule has 0 radical (unpaired) electrons. The fourth-order valence-electron chi connectivity index (χ4n) is 1.57. The molecular weight excluding hydrogens is 251 g/mol. The molecule has 104 valence electrons. The Hall–Kier alpha value is -1.79. The molecule has 1 aromatic carbocycles. The summed E-state index contributed by atoms with van der Waals surface area (Å²) < 4.78 is 12.8. The maximum atomic E-state index is 12.8. The van der Waals surface area contributed by atoms with Gasteiger partial charge in [-0.15, -0.1) is 0 Å². The first-order chi connectivity index (χ1) is 8.92. The predicted octanol–water partition coefficient (Wildman–Crippen LogP) is -0.238. The molecule has 1 rings (SSSR count). The Morgan fingerprint density at radius 3 is 2.53 bits per heavy atom. The van der Waals surface area contributed by atoms with E-state index < -0.39 is 29.9 Å². The highest BCUT2D eigenvalue weighted by Crippen LogP contribution is 2.12. The van der Waals surface area contributed by atoms with Crippen LogP contribution in [0.15, 0.2) is 24.3 Å². The molecule has 1 amide bonds. The first-order valence-electron chi connectivity index (χ1n) is 5.82. The fraction of sp³-hybridized carbons (Fsp3) is 0.385. The Morgan fingerprint density at radius 2 is 2.11 bits per heavy atom. The van der Waals surface area contributed by atoms with Crippen LogP contribution < -0.4 is 11.1 Å². The molecule has 5 nitrogen and oxygen atoms in total. The molecule has 0 bridgehead atoms. The second-order valence-corrected chi connectivity index (χ2v) is 4.51. The van der Waals surface area contributed by atoms with E-state index in [4.69, 9.17) is 5.73 Å². The standard InChI is InChI=1S/C13H17FN2O3/c1-9(15)12(19)16-13(7-17,8-18)6-10-2-4-11(14)5-3-10/h2-5,7,9,18H,6,8,15H2,1H3,(H,16,19)/t9-,13?/m0/s1. The van der Waals surface area contributed by atoms with Gasteiger partial charge < -0.3 is 21.0 Å². The van der Waals surface area contributed by atoms with Crippen molar-refractivity contribution in [3.8, 4) is 0 Å². The quantitative estimate of drug-likeness (QED) is 0.621. The van der Waals surface area contributed by atoms with Crippen molar-refractivity contribution in [2.75, 3.05) is 6.61 Å². The highest BCUT2D eigenvalue weighted by atomic mass is 19.1. The number of benzene rings is 1. The first-order valence-corrected chi connectivity index (χ1v) is 5.82. The number of halogens is 1. The summed E-state index contributed by atoms with van der Waals surface area (Å²) in [7, 11) is 0. The van der Waals surface area contributed by atoms with Crippen LogP contribution in [0.2, 0.25) is 0 Å². The van der Waals surface area contributed by atoms with Gasteiger partial charge in [-0.3, -0.25) is 4.79 Å². The summed E-state index contributed by atoms with van der Waals surface area (Å²) in [5.74, 6) is -0.938. The summed E-state index contributed by atoms with van der Waals surface area (Å²) in [4.78, 5) is 22.8. The minimum atomic E-state index is -1.44. The maximum absolute atomic E-state index is 12.8. The van der Waals surface area contributed by atoms with Gasteiger partial charge in [0.15, 0.2) is 0 Å². The van der Waals surface area contributed by atoms with E-state index in [0.717, 1.165) is 0 Å². The minimum Gasteiger partial charge on any atom is -0.393 e. The molecule has 0 aliphatic carbocycles. The summed E-state index contributed by atoms with van der Waals surface area (Å²) >= 11 is 0. The topological polar surface area (TPSA) is 92.4 Å². The van der Waals surface area contributed by atoms with E-state index in [2.05, 4.69) is 5.32 Å². The van der Waals surface area contributed by atoms with Gasteiger partial charge in [0.2, 0.25) is 5.91 Å². The number of amides is 1. The van der Waals surface area contributed by atoms with E-state index in [1.54, 1.807) is 0 Å². The minimum absolute atomic E-state index is 0.0613. The van der Waals surface area contributed by atoms with Gasteiger partial charge in [-0.25, -0.2) is 4.39 Å². The van der Waals surface area contributed by atoms with Gasteiger partial charge in [-0.05, 0) is 24.6 Å². The number of rotatable bonds is 6. The molecule has 0 aliphatic rings. The van der Waals surface area contributed by atoms with E-state index in [1.807, 2.05) is 0 Å². The molecule has 1 aromatic rings. The SMILES string of the molecule is C[C@H](N)C(=O)NC(C=O)(CO)Cc1ccc(F)cc1. The lowest BCUT2D eigenvalue weighted by atomic mass is 9.92. The average molecular weight is 268 g/mol. The number of aliphatic hydroxyl groups is 1. The van der Waals surface area contributed by atoms with E-state index in [-0.39, 0.29) is 6.42 Å². The predicted molar refractivity (Wildman–Crippen MR) is 67.8 cm³/mol. The van der Waals surface area contributed by atoms with Crippen LogP contribution in [-0.4, -0.2) is 35.5 Å². The molecule has 4 N–H and O–H groups in total. The molecule has 0 fully saturated rings. The maximum Gasteiger partial charge on any atom is 0.237 e. The van der Waals surface area contributed by atoms with Gasteiger partial charge in [0.25, 0.3) is 0 Å². The zero-order valence-electron chi connectivity index (χ0n) is 10.6. The Labute approximate surface area is 110 Å². The normalized spacial score (nSPS) is 15.4. The smallest absolute Gasteiger partial charge is 0.237 e. The Kier molecular flexibility index (Phi) is 5.14. The molecule has 0 spiro atoms. The number of aliphatic hydroxyl groups excluding tert-OH is 1. The summed E-state index contributed by atoms with van der Waals surface area (Å²) in [5.41, 5.74) is 4.58. The zero-order chi connectivity index (χ0) is 14.5. The van der Waals surface area contributed by atoms with Crippen molar-refractivity contribution in [1.29, 1.82) is 0 Å². The molecule has 6 heteroatoms. The molecule has 0 saturated carbocycles. The highest BCUT2D eigenvalue weighted by molar-refractivity contribution is 5.85. The van der Waals surface area contributed by atoms with Crippen LogP contribution in [0.1, 0.15) is 12.5 Å². The Balaban J connectivity index is 2.90. The summed E-state index contributed by atoms with van der Waals surface area (Å²) in [5, 5.41) is 11.8.